The predicted molar refractivity (Wildman–Crippen MR) is 74.1 cm³/mol. The molecule has 2 aromatic rings. The first kappa shape index (κ1) is 13.7. The summed E-state index contributed by atoms with van der Waals surface area (Å²) in [7, 11) is -3.68. The van der Waals surface area contributed by atoms with Crippen LogP contribution in [0.15, 0.2) is 37.6 Å². The summed E-state index contributed by atoms with van der Waals surface area (Å²) >= 11 is 5.52. The fourth-order valence-corrected chi connectivity index (χ4v) is 4.19. The molecule has 0 radical (unpaired) electrons. The molecule has 18 heavy (non-hydrogen) atoms. The molecule has 0 bridgehead atoms. The Morgan fingerprint density at radius 2 is 2.06 bits per heavy atom. The Labute approximate surface area is 120 Å². The lowest BCUT2D eigenvalue weighted by molar-refractivity contribution is 0.0949. The zero-order valence-electron chi connectivity index (χ0n) is 8.71. The average molecular weight is 367 g/mol. The highest BCUT2D eigenvalue weighted by Crippen LogP contribution is 2.21. The van der Waals surface area contributed by atoms with E-state index >= 15 is 0 Å². The van der Waals surface area contributed by atoms with Crippen molar-refractivity contribution in [2.45, 2.75) is 4.21 Å². The molecule has 0 spiro atoms. The molecule has 0 saturated carbocycles. The van der Waals surface area contributed by atoms with Crippen LogP contribution in [0.2, 0.25) is 0 Å². The van der Waals surface area contributed by atoms with E-state index in [1.54, 1.807) is 23.6 Å². The molecule has 0 aliphatic heterocycles. The third kappa shape index (κ3) is 3.18. The van der Waals surface area contributed by atoms with Gasteiger partial charge in [-0.2, -0.15) is 0 Å². The molecule has 1 amide bonds. The van der Waals surface area contributed by atoms with Gasteiger partial charge in [-0.1, -0.05) is 6.07 Å². The number of amides is 1. The molecule has 0 fully saturated rings. The number of halogens is 1. The lowest BCUT2D eigenvalue weighted by atomic mass is 10.5. The monoisotopic (exact) mass is 366 g/mol. The van der Waals surface area contributed by atoms with Crippen molar-refractivity contribution in [2.24, 2.45) is 0 Å². The van der Waals surface area contributed by atoms with Crippen molar-refractivity contribution in [1.29, 1.82) is 0 Å². The zero-order valence-corrected chi connectivity index (χ0v) is 12.7. The van der Waals surface area contributed by atoms with Gasteiger partial charge in [0.15, 0.2) is 0 Å². The molecule has 2 N–H and O–H groups in total. The second-order valence-electron chi connectivity index (χ2n) is 3.10. The van der Waals surface area contributed by atoms with Crippen molar-refractivity contribution in [1.82, 2.24) is 10.3 Å². The summed E-state index contributed by atoms with van der Waals surface area (Å²) in [5.41, 5.74) is 2.16. The minimum atomic E-state index is -3.68. The Bertz CT molecular complexity index is 648. The van der Waals surface area contributed by atoms with Gasteiger partial charge in [0.1, 0.15) is 4.21 Å². The van der Waals surface area contributed by atoms with Gasteiger partial charge in [-0.3, -0.25) is 10.2 Å². The molecular weight excluding hydrogens is 360 g/mol. The Balaban J connectivity index is 2.02. The van der Waals surface area contributed by atoms with Gasteiger partial charge in [0.05, 0.1) is 8.66 Å². The number of carbonyl (C=O) groups excluding carboxylic acids is 1. The lowest BCUT2D eigenvalue weighted by Crippen LogP contribution is -2.40. The maximum atomic E-state index is 11.7. The smallest absolute Gasteiger partial charge is 0.273 e. The summed E-state index contributed by atoms with van der Waals surface area (Å²) < 4.78 is 24.4. The Hall–Kier alpha value is -0.740. The highest BCUT2D eigenvalue weighted by molar-refractivity contribution is 9.11. The van der Waals surface area contributed by atoms with Crippen molar-refractivity contribution in [2.75, 3.05) is 0 Å². The van der Waals surface area contributed by atoms with E-state index in [0.29, 0.717) is 4.88 Å². The molecule has 2 aromatic heterocycles. The molecule has 9 heteroatoms. The maximum absolute atomic E-state index is 11.7. The largest absolute Gasteiger partial charge is 0.276 e. The number of thiophene rings is 2. The minimum Gasteiger partial charge on any atom is -0.273 e. The minimum absolute atomic E-state index is 0.148. The van der Waals surface area contributed by atoms with Gasteiger partial charge in [0.2, 0.25) is 0 Å². The molecule has 0 atom stereocenters. The van der Waals surface area contributed by atoms with Crippen LogP contribution in [0.1, 0.15) is 9.67 Å². The first-order valence-electron chi connectivity index (χ1n) is 4.60. The van der Waals surface area contributed by atoms with Crippen LogP contribution in [0.3, 0.4) is 0 Å². The van der Waals surface area contributed by atoms with Crippen molar-refractivity contribution < 1.29 is 13.2 Å². The zero-order chi connectivity index (χ0) is 13.2. The molecular formula is C9H7BrN2O3S3. The van der Waals surface area contributed by atoms with Crippen LogP contribution in [-0.2, 0) is 10.0 Å². The molecule has 0 aliphatic rings. The standard InChI is InChI=1S/C9H7BrN2O3S3/c10-7-4-3-6(17-7)9(13)11-12-18(14,15)8-2-1-5-16-8/h1-5,12H,(H,11,13). The van der Waals surface area contributed by atoms with Gasteiger partial charge in [0.25, 0.3) is 15.9 Å². The average Bonchev–Trinajstić information content (AvgIpc) is 2.96. The number of hydrazine groups is 1. The molecule has 0 saturated heterocycles. The van der Waals surface area contributed by atoms with Gasteiger partial charge >= 0.3 is 0 Å². The second kappa shape index (κ2) is 5.49. The van der Waals surface area contributed by atoms with Crippen LogP contribution in [0.25, 0.3) is 0 Å². The molecule has 0 aromatic carbocycles. The van der Waals surface area contributed by atoms with Crippen LogP contribution < -0.4 is 10.3 Å². The fraction of sp³-hybridized carbons (Fsp3) is 0. The maximum Gasteiger partial charge on any atom is 0.276 e. The Kier molecular flexibility index (Phi) is 4.17. The summed E-state index contributed by atoms with van der Waals surface area (Å²) in [6, 6.07) is 6.40. The van der Waals surface area contributed by atoms with E-state index < -0.39 is 15.9 Å². The molecule has 2 heterocycles. The van der Waals surface area contributed by atoms with Crippen molar-refractivity contribution in [3.8, 4) is 0 Å². The van der Waals surface area contributed by atoms with Crippen LogP contribution in [0.5, 0.6) is 0 Å². The molecule has 0 unspecified atom stereocenters. The number of nitrogens with one attached hydrogen (secondary N) is 2. The van der Waals surface area contributed by atoms with Crippen molar-refractivity contribution >= 4 is 54.5 Å². The van der Waals surface area contributed by atoms with E-state index in [2.05, 4.69) is 21.4 Å². The number of hydrogen-bond donors (Lipinski definition) is 2. The third-order valence-corrected chi connectivity index (χ3v) is 6.12. The normalized spacial score (nSPS) is 11.4. The molecule has 96 valence electrons. The second-order valence-corrected chi connectivity index (χ2v) is 8.42. The van der Waals surface area contributed by atoms with E-state index in [4.69, 9.17) is 0 Å². The highest BCUT2D eigenvalue weighted by Gasteiger charge is 2.17. The number of rotatable bonds is 4. The van der Waals surface area contributed by atoms with Gasteiger partial charge < -0.3 is 0 Å². The summed E-state index contributed by atoms with van der Waals surface area (Å²) in [6.45, 7) is 0. The highest BCUT2D eigenvalue weighted by atomic mass is 79.9. The molecule has 0 aliphatic carbocycles. The SMILES string of the molecule is O=C(NNS(=O)(=O)c1cccs1)c1ccc(Br)s1. The van der Waals surface area contributed by atoms with Crippen molar-refractivity contribution in [3.63, 3.8) is 0 Å². The van der Waals surface area contributed by atoms with E-state index in [9.17, 15) is 13.2 Å². The number of sulfonamides is 1. The number of carbonyl (C=O) groups is 1. The fourth-order valence-electron chi connectivity index (χ4n) is 1.08. The summed E-state index contributed by atoms with van der Waals surface area (Å²) in [4.78, 5) is 14.1. The van der Waals surface area contributed by atoms with Gasteiger partial charge in [-0.05, 0) is 39.5 Å². The van der Waals surface area contributed by atoms with E-state index in [0.717, 1.165) is 15.1 Å². The predicted octanol–water partition coefficient (Wildman–Crippen LogP) is 2.20. The van der Waals surface area contributed by atoms with Crippen LogP contribution in [0, 0.1) is 0 Å². The van der Waals surface area contributed by atoms with Gasteiger partial charge in [-0.25, -0.2) is 8.42 Å². The quantitative estimate of drug-likeness (QED) is 0.814. The lowest BCUT2D eigenvalue weighted by Gasteiger charge is -2.05. The Morgan fingerprint density at radius 3 is 2.61 bits per heavy atom. The van der Waals surface area contributed by atoms with E-state index in [1.807, 2.05) is 4.83 Å². The summed E-state index contributed by atoms with van der Waals surface area (Å²) in [5.74, 6) is -0.495. The van der Waals surface area contributed by atoms with Crippen LogP contribution in [-0.4, -0.2) is 14.3 Å². The third-order valence-electron chi connectivity index (χ3n) is 1.86. The molecule has 2 rings (SSSR count). The Morgan fingerprint density at radius 1 is 1.28 bits per heavy atom. The van der Waals surface area contributed by atoms with E-state index in [1.165, 1.54) is 17.4 Å². The van der Waals surface area contributed by atoms with Crippen LogP contribution >= 0.6 is 38.6 Å². The summed E-state index contributed by atoms with van der Waals surface area (Å²) in [6.07, 6.45) is 0. The van der Waals surface area contributed by atoms with Crippen LogP contribution in [0.4, 0.5) is 0 Å². The summed E-state index contributed by atoms with van der Waals surface area (Å²) in [5, 5.41) is 1.65. The van der Waals surface area contributed by atoms with Crippen molar-refractivity contribution in [3.05, 3.63) is 38.3 Å². The van der Waals surface area contributed by atoms with Gasteiger partial charge in [-0.15, -0.1) is 27.5 Å². The topological polar surface area (TPSA) is 75.3 Å². The first-order chi connectivity index (χ1) is 8.49. The molecule has 5 nitrogen and oxygen atoms in total. The first-order valence-corrected chi connectivity index (χ1v) is 8.57. The van der Waals surface area contributed by atoms with Gasteiger partial charge in [0, 0.05) is 0 Å². The van der Waals surface area contributed by atoms with E-state index in [-0.39, 0.29) is 4.21 Å². The number of hydrogen-bond acceptors (Lipinski definition) is 5.